The number of thioether (sulfide) groups is 1. The Hall–Kier alpha value is -2.05. The van der Waals surface area contributed by atoms with E-state index in [1.54, 1.807) is 30.5 Å². The van der Waals surface area contributed by atoms with Crippen molar-refractivity contribution in [3.05, 3.63) is 53.2 Å². The molecule has 1 aromatic carbocycles. The van der Waals surface area contributed by atoms with Crippen LogP contribution in [0.1, 0.15) is 5.56 Å². The topological polar surface area (TPSA) is 68.0 Å². The molecule has 2 heterocycles. The van der Waals surface area contributed by atoms with Crippen LogP contribution in [0.4, 0.5) is 0 Å². The van der Waals surface area contributed by atoms with Crippen LogP contribution in [-0.2, 0) is 11.3 Å². The molecule has 7 heteroatoms. The molecule has 0 aliphatic carbocycles. The number of fused-ring (bicyclic) bond motifs is 1. The molecule has 0 saturated carbocycles. The van der Waals surface area contributed by atoms with E-state index in [-0.39, 0.29) is 11.7 Å². The van der Waals surface area contributed by atoms with Crippen LogP contribution in [0.2, 0.25) is 5.02 Å². The summed E-state index contributed by atoms with van der Waals surface area (Å²) in [6, 6.07) is 10.9. The standard InChI is InChI=1S/C15H12ClN3O2S/c16-11-5-3-10(4-6-11)8-18-13(20)9-22-15-19-14-12(21-15)2-1-7-17-14/h1-7H,8-9H2,(H,18,20). The molecule has 0 aliphatic heterocycles. The van der Waals surface area contributed by atoms with E-state index in [0.717, 1.165) is 5.56 Å². The largest absolute Gasteiger partial charge is 0.430 e. The predicted octanol–water partition coefficient (Wildman–Crippen LogP) is 3.28. The van der Waals surface area contributed by atoms with Crippen molar-refractivity contribution in [3.63, 3.8) is 0 Å². The van der Waals surface area contributed by atoms with Crippen LogP contribution in [0.25, 0.3) is 11.2 Å². The molecule has 1 N–H and O–H groups in total. The number of hydrogen-bond donors (Lipinski definition) is 1. The number of hydrogen-bond acceptors (Lipinski definition) is 5. The Morgan fingerprint density at radius 1 is 1.27 bits per heavy atom. The predicted molar refractivity (Wildman–Crippen MR) is 85.8 cm³/mol. The van der Waals surface area contributed by atoms with Crippen LogP contribution in [0, 0.1) is 0 Å². The molecule has 2 aromatic heterocycles. The summed E-state index contributed by atoms with van der Waals surface area (Å²) in [5.74, 6) is 0.149. The Bertz CT molecular complexity index is 756. The first kappa shape index (κ1) is 14.9. The van der Waals surface area contributed by atoms with Gasteiger partial charge in [0, 0.05) is 17.8 Å². The van der Waals surface area contributed by atoms with Crippen molar-refractivity contribution in [2.24, 2.45) is 0 Å². The smallest absolute Gasteiger partial charge is 0.258 e. The second kappa shape index (κ2) is 6.81. The van der Waals surface area contributed by atoms with Gasteiger partial charge in [-0.2, -0.15) is 4.98 Å². The van der Waals surface area contributed by atoms with Gasteiger partial charge in [-0.05, 0) is 29.8 Å². The first-order valence-corrected chi connectivity index (χ1v) is 7.92. The van der Waals surface area contributed by atoms with Gasteiger partial charge in [-0.15, -0.1) is 0 Å². The zero-order valence-corrected chi connectivity index (χ0v) is 13.0. The van der Waals surface area contributed by atoms with Crippen LogP contribution >= 0.6 is 23.4 Å². The van der Waals surface area contributed by atoms with Crippen molar-refractivity contribution in [2.75, 3.05) is 5.75 Å². The van der Waals surface area contributed by atoms with E-state index in [4.69, 9.17) is 16.0 Å². The number of aromatic nitrogens is 2. The summed E-state index contributed by atoms with van der Waals surface area (Å²) in [6.45, 7) is 0.464. The zero-order chi connectivity index (χ0) is 15.4. The molecule has 112 valence electrons. The third-order valence-corrected chi connectivity index (χ3v) is 3.96. The Morgan fingerprint density at radius 3 is 2.86 bits per heavy atom. The quantitative estimate of drug-likeness (QED) is 0.726. The Labute approximate surface area is 136 Å². The third-order valence-electron chi connectivity index (χ3n) is 2.88. The lowest BCUT2D eigenvalue weighted by atomic mass is 10.2. The number of amides is 1. The van der Waals surface area contributed by atoms with Crippen LogP contribution in [0.5, 0.6) is 0 Å². The lowest BCUT2D eigenvalue weighted by Crippen LogP contribution is -2.24. The lowest BCUT2D eigenvalue weighted by molar-refractivity contribution is -0.118. The molecule has 0 fully saturated rings. The fourth-order valence-corrected chi connectivity index (χ4v) is 2.57. The first-order valence-electron chi connectivity index (χ1n) is 6.56. The number of nitrogens with zero attached hydrogens (tertiary/aromatic N) is 2. The normalized spacial score (nSPS) is 10.8. The molecule has 0 bridgehead atoms. The van der Waals surface area contributed by atoms with Gasteiger partial charge >= 0.3 is 0 Å². The number of halogens is 1. The molecule has 5 nitrogen and oxygen atoms in total. The minimum atomic E-state index is -0.0878. The van der Waals surface area contributed by atoms with Crippen LogP contribution in [0.3, 0.4) is 0 Å². The fourth-order valence-electron chi connectivity index (χ4n) is 1.79. The summed E-state index contributed by atoms with van der Waals surface area (Å²) in [6.07, 6.45) is 1.65. The van der Waals surface area contributed by atoms with E-state index in [1.165, 1.54) is 11.8 Å². The molecule has 0 aliphatic rings. The first-order chi connectivity index (χ1) is 10.7. The Kier molecular flexibility index (Phi) is 4.60. The highest BCUT2D eigenvalue weighted by Gasteiger charge is 2.09. The van der Waals surface area contributed by atoms with Crippen molar-refractivity contribution in [1.29, 1.82) is 0 Å². The number of oxazole rings is 1. The number of pyridine rings is 1. The van der Waals surface area contributed by atoms with Gasteiger partial charge in [-0.1, -0.05) is 35.5 Å². The number of carbonyl (C=O) groups is 1. The Balaban J connectivity index is 1.50. The fraction of sp³-hybridized carbons (Fsp3) is 0.133. The molecular weight excluding hydrogens is 322 g/mol. The van der Waals surface area contributed by atoms with Gasteiger partial charge in [0.25, 0.3) is 5.22 Å². The van der Waals surface area contributed by atoms with Crippen LogP contribution in [-0.4, -0.2) is 21.6 Å². The minimum absolute atomic E-state index is 0.0878. The van der Waals surface area contributed by atoms with Gasteiger partial charge in [-0.25, -0.2) is 4.98 Å². The maximum atomic E-state index is 11.8. The van der Waals surface area contributed by atoms with Crippen LogP contribution in [0.15, 0.2) is 52.2 Å². The summed E-state index contributed by atoms with van der Waals surface area (Å²) in [5, 5.41) is 3.95. The monoisotopic (exact) mass is 333 g/mol. The molecule has 3 rings (SSSR count). The highest BCUT2D eigenvalue weighted by molar-refractivity contribution is 7.99. The van der Waals surface area contributed by atoms with E-state index in [1.807, 2.05) is 12.1 Å². The average molecular weight is 334 g/mol. The molecule has 1 amide bonds. The van der Waals surface area contributed by atoms with Crippen molar-refractivity contribution in [3.8, 4) is 0 Å². The highest BCUT2D eigenvalue weighted by atomic mass is 35.5. The summed E-state index contributed by atoms with van der Waals surface area (Å²) in [7, 11) is 0. The van der Waals surface area contributed by atoms with Crippen molar-refractivity contribution in [1.82, 2.24) is 15.3 Å². The average Bonchev–Trinajstić information content (AvgIpc) is 2.95. The SMILES string of the molecule is O=C(CSc1nc2ncccc2o1)NCc1ccc(Cl)cc1. The van der Waals surface area contributed by atoms with E-state index >= 15 is 0 Å². The van der Waals surface area contributed by atoms with E-state index < -0.39 is 0 Å². The summed E-state index contributed by atoms with van der Waals surface area (Å²) in [5.41, 5.74) is 2.16. The molecular formula is C15H12ClN3O2S. The Morgan fingerprint density at radius 2 is 2.09 bits per heavy atom. The zero-order valence-electron chi connectivity index (χ0n) is 11.5. The number of nitrogens with one attached hydrogen (secondary N) is 1. The summed E-state index contributed by atoms with van der Waals surface area (Å²) in [4.78, 5) is 20.1. The molecule has 3 aromatic rings. The molecule has 22 heavy (non-hydrogen) atoms. The maximum Gasteiger partial charge on any atom is 0.258 e. The summed E-state index contributed by atoms with van der Waals surface area (Å²) < 4.78 is 5.49. The molecule has 0 radical (unpaired) electrons. The second-order valence-corrected chi connectivity index (χ2v) is 5.86. The van der Waals surface area contributed by atoms with Gasteiger partial charge in [0.05, 0.1) is 5.75 Å². The van der Waals surface area contributed by atoms with E-state index in [0.29, 0.717) is 28.0 Å². The van der Waals surface area contributed by atoms with Gasteiger partial charge in [0.2, 0.25) is 5.91 Å². The van der Waals surface area contributed by atoms with Gasteiger partial charge in [0.1, 0.15) is 0 Å². The van der Waals surface area contributed by atoms with Gasteiger partial charge < -0.3 is 9.73 Å². The molecule has 0 atom stereocenters. The van der Waals surface area contributed by atoms with Gasteiger partial charge in [0.15, 0.2) is 11.2 Å². The minimum Gasteiger partial charge on any atom is -0.430 e. The van der Waals surface area contributed by atoms with Crippen molar-refractivity contribution in [2.45, 2.75) is 11.8 Å². The van der Waals surface area contributed by atoms with Crippen molar-refractivity contribution < 1.29 is 9.21 Å². The van der Waals surface area contributed by atoms with Crippen molar-refractivity contribution >= 4 is 40.5 Å². The second-order valence-electron chi connectivity index (χ2n) is 4.50. The van der Waals surface area contributed by atoms with Crippen LogP contribution < -0.4 is 5.32 Å². The summed E-state index contributed by atoms with van der Waals surface area (Å²) >= 11 is 7.05. The number of rotatable bonds is 5. The third kappa shape index (κ3) is 3.78. The van der Waals surface area contributed by atoms with Gasteiger partial charge in [-0.3, -0.25) is 4.79 Å². The van der Waals surface area contributed by atoms with E-state index in [2.05, 4.69) is 15.3 Å². The number of benzene rings is 1. The lowest BCUT2D eigenvalue weighted by Gasteiger charge is -2.04. The maximum absolute atomic E-state index is 11.8. The molecule has 0 spiro atoms. The number of carbonyl (C=O) groups excluding carboxylic acids is 1. The van der Waals surface area contributed by atoms with E-state index in [9.17, 15) is 4.79 Å². The molecule has 0 unspecified atom stereocenters. The highest BCUT2D eigenvalue weighted by Crippen LogP contribution is 2.21. The molecule has 0 saturated heterocycles.